The van der Waals surface area contributed by atoms with Gasteiger partial charge in [-0.3, -0.25) is 0 Å². The molecule has 43 heavy (non-hydrogen) atoms. The van der Waals surface area contributed by atoms with Crippen LogP contribution in [0.1, 0.15) is 37.5 Å². The highest BCUT2D eigenvalue weighted by Crippen LogP contribution is 2.49. The van der Waals surface area contributed by atoms with Gasteiger partial charge in [0.2, 0.25) is 5.83 Å². The molecular weight excluding hydrogens is 608 g/mol. The SMILES string of the molecule is COc1ccc(C(C)(C)c2ccc(OC3=C(F)C(F)C(C)(S(=O)(=O)c4c(F)c(F)c(C)c(F)c4F)C(F)=C3F)cc2)cc1. The summed E-state index contributed by atoms with van der Waals surface area (Å²) in [5, 5.41) is 0. The van der Waals surface area contributed by atoms with Gasteiger partial charge in [0, 0.05) is 11.0 Å². The minimum Gasteiger partial charge on any atom is -0.497 e. The molecule has 0 fully saturated rings. The molecule has 0 spiro atoms. The molecule has 0 aliphatic heterocycles. The zero-order valence-corrected chi connectivity index (χ0v) is 24.1. The van der Waals surface area contributed by atoms with E-state index in [2.05, 4.69) is 0 Å². The van der Waals surface area contributed by atoms with Crippen LogP contribution in [0.25, 0.3) is 0 Å². The molecule has 2 unspecified atom stereocenters. The van der Waals surface area contributed by atoms with Crippen molar-refractivity contribution < 1.29 is 53.0 Å². The Balaban J connectivity index is 1.71. The van der Waals surface area contributed by atoms with Crippen LogP contribution in [0.4, 0.5) is 35.1 Å². The predicted octanol–water partition coefficient (Wildman–Crippen LogP) is 8.18. The maximum atomic E-state index is 15.4. The minimum atomic E-state index is -6.21. The number of methoxy groups -OCH3 is 1. The van der Waals surface area contributed by atoms with Crippen molar-refractivity contribution in [1.29, 1.82) is 0 Å². The molecule has 3 aromatic rings. The molecule has 4 nitrogen and oxygen atoms in total. The molecule has 0 heterocycles. The summed E-state index contributed by atoms with van der Waals surface area (Å²) in [5.41, 5.74) is -0.270. The maximum absolute atomic E-state index is 15.4. The smallest absolute Gasteiger partial charge is 0.201 e. The molecular formula is C30H24F8O4S. The largest absolute Gasteiger partial charge is 0.497 e. The molecule has 13 heteroatoms. The lowest BCUT2D eigenvalue weighted by Crippen LogP contribution is -2.49. The van der Waals surface area contributed by atoms with E-state index in [1.807, 2.05) is 26.0 Å². The number of sulfone groups is 1. The average molecular weight is 633 g/mol. The summed E-state index contributed by atoms with van der Waals surface area (Å²) in [5.74, 6) is -17.8. The first-order valence-electron chi connectivity index (χ1n) is 12.5. The number of allylic oxidation sites excluding steroid dienone is 2. The first-order chi connectivity index (χ1) is 19.9. The minimum absolute atomic E-state index is 0.0862. The fourth-order valence-electron chi connectivity index (χ4n) is 4.64. The van der Waals surface area contributed by atoms with Gasteiger partial charge in [-0.05, 0) is 49.2 Å². The summed E-state index contributed by atoms with van der Waals surface area (Å²) < 4.78 is 151. The number of hydrogen-bond donors (Lipinski definition) is 0. The van der Waals surface area contributed by atoms with Crippen LogP contribution in [0, 0.1) is 30.2 Å². The van der Waals surface area contributed by atoms with Crippen molar-refractivity contribution in [1.82, 2.24) is 0 Å². The summed E-state index contributed by atoms with van der Waals surface area (Å²) in [7, 11) is -4.70. The molecule has 3 aromatic carbocycles. The standard InChI is InChI=1S/C30H24F8O4S/c1-14-19(31)21(33)26(22(34)20(14)32)43(39,40)30(4)27(37)23(35)25(24(36)28(30)38)42-18-12-8-16(9-13-18)29(2,3)15-6-10-17(41-5)11-7-15/h6-13,27H,1-5H3. The van der Waals surface area contributed by atoms with Gasteiger partial charge >= 0.3 is 0 Å². The zero-order chi connectivity index (χ0) is 32.2. The molecule has 0 bridgehead atoms. The molecule has 0 N–H and O–H groups in total. The zero-order valence-electron chi connectivity index (χ0n) is 23.3. The van der Waals surface area contributed by atoms with Crippen LogP contribution in [-0.4, -0.2) is 26.4 Å². The van der Waals surface area contributed by atoms with Gasteiger partial charge in [-0.25, -0.2) is 39.2 Å². The number of benzene rings is 3. The molecule has 1 aliphatic carbocycles. The molecule has 0 aromatic heterocycles. The predicted molar refractivity (Wildman–Crippen MR) is 141 cm³/mol. The quantitative estimate of drug-likeness (QED) is 0.195. The normalized spacial score (nSPS) is 19.6. The lowest BCUT2D eigenvalue weighted by atomic mass is 9.78. The Morgan fingerprint density at radius 3 is 1.65 bits per heavy atom. The van der Waals surface area contributed by atoms with E-state index in [1.54, 1.807) is 12.1 Å². The van der Waals surface area contributed by atoms with Crippen LogP contribution in [-0.2, 0) is 15.3 Å². The van der Waals surface area contributed by atoms with E-state index in [-0.39, 0.29) is 12.7 Å². The van der Waals surface area contributed by atoms with E-state index in [4.69, 9.17) is 9.47 Å². The van der Waals surface area contributed by atoms with E-state index in [9.17, 15) is 26.0 Å². The van der Waals surface area contributed by atoms with Gasteiger partial charge in [0.25, 0.3) is 0 Å². The molecule has 0 amide bonds. The topological polar surface area (TPSA) is 52.6 Å². The third-order valence-electron chi connectivity index (χ3n) is 7.63. The van der Waals surface area contributed by atoms with Crippen molar-refractivity contribution in [3.05, 3.63) is 112 Å². The first-order valence-corrected chi connectivity index (χ1v) is 14.0. The summed E-state index contributed by atoms with van der Waals surface area (Å²) in [6.45, 7) is 4.44. The second-order valence-electron chi connectivity index (χ2n) is 10.5. The van der Waals surface area contributed by atoms with Gasteiger partial charge in [-0.1, -0.05) is 38.1 Å². The molecule has 0 saturated carbocycles. The second-order valence-corrected chi connectivity index (χ2v) is 12.7. The summed E-state index contributed by atoms with van der Waals surface area (Å²) >= 11 is 0. The Morgan fingerprint density at radius 1 is 0.767 bits per heavy atom. The van der Waals surface area contributed by atoms with Gasteiger partial charge in [-0.2, -0.15) is 4.39 Å². The average Bonchev–Trinajstić information content (AvgIpc) is 2.99. The molecule has 2 atom stereocenters. The third kappa shape index (κ3) is 4.87. The van der Waals surface area contributed by atoms with Crippen molar-refractivity contribution in [2.45, 2.75) is 48.9 Å². The molecule has 0 radical (unpaired) electrons. The number of ether oxygens (including phenoxy) is 2. The van der Waals surface area contributed by atoms with E-state index in [1.165, 1.54) is 31.4 Å². The van der Waals surface area contributed by atoms with Crippen LogP contribution in [0.15, 0.2) is 76.7 Å². The summed E-state index contributed by atoms with van der Waals surface area (Å²) in [4.78, 5) is -2.42. The second kappa shape index (κ2) is 11.0. The monoisotopic (exact) mass is 632 g/mol. The van der Waals surface area contributed by atoms with Crippen LogP contribution in [0.2, 0.25) is 0 Å². The highest BCUT2D eigenvalue weighted by Gasteiger charge is 2.60. The van der Waals surface area contributed by atoms with E-state index >= 15 is 17.6 Å². The fraction of sp³-hybridized carbons (Fsp3) is 0.267. The maximum Gasteiger partial charge on any atom is 0.201 e. The molecule has 1 aliphatic rings. The molecule has 4 rings (SSSR count). The highest BCUT2D eigenvalue weighted by atomic mass is 32.2. The Morgan fingerprint density at radius 2 is 1.21 bits per heavy atom. The van der Waals surface area contributed by atoms with Crippen molar-refractivity contribution in [3.8, 4) is 11.5 Å². The summed E-state index contributed by atoms with van der Waals surface area (Å²) in [6.07, 6.45) is -3.65. The third-order valence-corrected chi connectivity index (χ3v) is 10.0. The Hall–Kier alpha value is -3.87. The van der Waals surface area contributed by atoms with Crippen molar-refractivity contribution in [2.24, 2.45) is 0 Å². The lowest BCUT2D eigenvalue weighted by molar-refractivity contribution is 0.216. The first kappa shape index (κ1) is 32.1. The Kier molecular flexibility index (Phi) is 8.20. The fourth-order valence-corrected chi connectivity index (χ4v) is 6.42. The lowest BCUT2D eigenvalue weighted by Gasteiger charge is -2.34. The van der Waals surface area contributed by atoms with Gasteiger partial charge in [-0.15, -0.1) is 0 Å². The van der Waals surface area contributed by atoms with Crippen molar-refractivity contribution in [3.63, 3.8) is 0 Å². The van der Waals surface area contributed by atoms with E-state index < -0.39 is 83.1 Å². The van der Waals surface area contributed by atoms with Crippen molar-refractivity contribution in [2.75, 3.05) is 7.11 Å². The van der Waals surface area contributed by atoms with Gasteiger partial charge in [0.05, 0.1) is 7.11 Å². The highest BCUT2D eigenvalue weighted by molar-refractivity contribution is 7.93. The van der Waals surface area contributed by atoms with Crippen LogP contribution in [0.5, 0.6) is 11.5 Å². The summed E-state index contributed by atoms with van der Waals surface area (Å²) in [6, 6.07) is 12.7. The van der Waals surface area contributed by atoms with Crippen LogP contribution in [0.3, 0.4) is 0 Å². The van der Waals surface area contributed by atoms with Crippen LogP contribution >= 0.6 is 0 Å². The Bertz CT molecular complexity index is 1740. The molecule has 0 saturated heterocycles. The number of rotatable bonds is 7. The number of hydrogen-bond acceptors (Lipinski definition) is 4. The van der Waals surface area contributed by atoms with Crippen molar-refractivity contribution >= 4 is 9.84 Å². The molecule has 230 valence electrons. The van der Waals surface area contributed by atoms with Crippen LogP contribution < -0.4 is 9.47 Å². The Labute approximate surface area is 242 Å². The number of halogens is 8. The number of alkyl halides is 1. The van der Waals surface area contributed by atoms with Gasteiger partial charge in [0.1, 0.15) is 16.4 Å². The van der Waals surface area contributed by atoms with E-state index in [0.29, 0.717) is 18.2 Å². The van der Waals surface area contributed by atoms with Gasteiger partial charge in [0.15, 0.2) is 61.4 Å². The van der Waals surface area contributed by atoms with Gasteiger partial charge < -0.3 is 9.47 Å². The van der Waals surface area contributed by atoms with E-state index in [0.717, 1.165) is 5.56 Å².